The van der Waals surface area contributed by atoms with Crippen molar-refractivity contribution in [1.29, 1.82) is 0 Å². The van der Waals surface area contributed by atoms with Crippen molar-refractivity contribution in [3.05, 3.63) is 24.4 Å². The molecule has 0 radical (unpaired) electrons. The molecule has 0 saturated carbocycles. The third kappa shape index (κ3) is 2.41. The van der Waals surface area contributed by atoms with Crippen LogP contribution in [0.2, 0.25) is 0 Å². The predicted octanol–water partition coefficient (Wildman–Crippen LogP) is 2.05. The van der Waals surface area contributed by atoms with Crippen molar-refractivity contribution in [2.75, 3.05) is 11.9 Å². The highest BCUT2D eigenvalue weighted by Crippen LogP contribution is 2.25. The number of anilines is 2. The molecule has 1 aliphatic heterocycles. The molecule has 0 bridgehead atoms. The van der Waals surface area contributed by atoms with E-state index in [0.717, 1.165) is 42.8 Å². The molecule has 1 fully saturated rings. The van der Waals surface area contributed by atoms with Crippen LogP contribution in [0.1, 0.15) is 18.5 Å². The number of ether oxygens (including phenoxy) is 1. The zero-order valence-corrected chi connectivity index (χ0v) is 12.2. The van der Waals surface area contributed by atoms with Gasteiger partial charge in [-0.3, -0.25) is 4.68 Å². The first-order valence-corrected chi connectivity index (χ1v) is 7.27. The lowest BCUT2D eigenvalue weighted by Crippen LogP contribution is -2.15. The fraction of sp³-hybridized carbons (Fsp3) is 0.429. The first-order valence-electron chi connectivity index (χ1n) is 7.27. The van der Waals surface area contributed by atoms with Crippen LogP contribution < -0.4 is 5.32 Å². The summed E-state index contributed by atoms with van der Waals surface area (Å²) in [6.45, 7) is 3.48. The largest absolute Gasteiger partial charge is 0.376 e. The number of aryl methyl sites for hydroxylation is 1. The Kier molecular flexibility index (Phi) is 3.23. The Hall–Kier alpha value is -2.48. The predicted molar refractivity (Wildman–Crippen MR) is 78.8 cm³/mol. The highest BCUT2D eigenvalue weighted by molar-refractivity contribution is 5.89. The minimum atomic E-state index is 0.263. The second-order valence-electron chi connectivity index (χ2n) is 5.38. The first-order chi connectivity index (χ1) is 10.8. The maximum Gasteiger partial charge on any atom is 0.263 e. The SMILES string of the molecule is Cc1noc2ncnc(Nc3cnn(C[C@@H]4CCCO4)c3)c12. The molecule has 0 aliphatic carbocycles. The number of hydrogen-bond donors (Lipinski definition) is 1. The van der Waals surface area contributed by atoms with Crippen molar-refractivity contribution in [3.63, 3.8) is 0 Å². The van der Waals surface area contributed by atoms with Crippen molar-refractivity contribution in [1.82, 2.24) is 24.9 Å². The molecule has 1 saturated heterocycles. The number of hydrogen-bond acceptors (Lipinski definition) is 7. The third-order valence-corrected chi connectivity index (χ3v) is 3.75. The molecule has 0 amide bonds. The lowest BCUT2D eigenvalue weighted by atomic mass is 10.2. The van der Waals surface area contributed by atoms with E-state index in [2.05, 4.69) is 25.5 Å². The summed E-state index contributed by atoms with van der Waals surface area (Å²) in [5.41, 5.74) is 2.09. The van der Waals surface area contributed by atoms with E-state index in [1.54, 1.807) is 6.20 Å². The van der Waals surface area contributed by atoms with Crippen LogP contribution in [0.4, 0.5) is 11.5 Å². The minimum absolute atomic E-state index is 0.263. The van der Waals surface area contributed by atoms with E-state index in [1.807, 2.05) is 17.8 Å². The lowest BCUT2D eigenvalue weighted by Gasteiger charge is -2.08. The van der Waals surface area contributed by atoms with E-state index in [1.165, 1.54) is 6.33 Å². The summed E-state index contributed by atoms with van der Waals surface area (Å²) in [6.07, 6.45) is 7.65. The first kappa shape index (κ1) is 13.2. The number of aromatic nitrogens is 5. The van der Waals surface area contributed by atoms with Crippen molar-refractivity contribution >= 4 is 22.6 Å². The Morgan fingerprint density at radius 2 is 2.36 bits per heavy atom. The molecule has 0 unspecified atom stereocenters. The van der Waals surface area contributed by atoms with E-state index >= 15 is 0 Å². The van der Waals surface area contributed by atoms with Crippen LogP contribution in [0.3, 0.4) is 0 Å². The van der Waals surface area contributed by atoms with E-state index in [-0.39, 0.29) is 6.10 Å². The molecule has 1 atom stereocenters. The van der Waals surface area contributed by atoms with Gasteiger partial charge in [0.15, 0.2) is 0 Å². The molecule has 8 nitrogen and oxygen atoms in total. The van der Waals surface area contributed by atoms with Crippen LogP contribution in [0.15, 0.2) is 23.2 Å². The molecule has 1 N–H and O–H groups in total. The summed E-state index contributed by atoms with van der Waals surface area (Å²) >= 11 is 0. The van der Waals surface area contributed by atoms with Gasteiger partial charge in [0.25, 0.3) is 5.71 Å². The quantitative estimate of drug-likeness (QED) is 0.788. The number of fused-ring (bicyclic) bond motifs is 1. The fourth-order valence-electron chi connectivity index (χ4n) is 2.68. The van der Waals surface area contributed by atoms with Gasteiger partial charge < -0.3 is 14.6 Å². The van der Waals surface area contributed by atoms with Gasteiger partial charge >= 0.3 is 0 Å². The Morgan fingerprint density at radius 3 is 3.23 bits per heavy atom. The third-order valence-electron chi connectivity index (χ3n) is 3.75. The van der Waals surface area contributed by atoms with Crippen LogP contribution in [-0.2, 0) is 11.3 Å². The maximum atomic E-state index is 5.62. The second kappa shape index (κ2) is 5.38. The molecule has 4 rings (SSSR count). The number of nitrogens with one attached hydrogen (secondary N) is 1. The lowest BCUT2D eigenvalue weighted by molar-refractivity contribution is 0.0940. The zero-order chi connectivity index (χ0) is 14.9. The molecular formula is C14H16N6O2. The van der Waals surface area contributed by atoms with Gasteiger partial charge in [-0.25, -0.2) is 4.98 Å². The van der Waals surface area contributed by atoms with Crippen molar-refractivity contribution in [3.8, 4) is 0 Å². The van der Waals surface area contributed by atoms with Gasteiger partial charge in [-0.2, -0.15) is 10.1 Å². The molecule has 8 heteroatoms. The Labute approximate surface area is 126 Å². The maximum absolute atomic E-state index is 5.62. The van der Waals surface area contributed by atoms with Gasteiger partial charge in [-0.1, -0.05) is 5.16 Å². The monoisotopic (exact) mass is 300 g/mol. The summed E-state index contributed by atoms with van der Waals surface area (Å²) in [7, 11) is 0. The van der Waals surface area contributed by atoms with Crippen molar-refractivity contribution in [2.45, 2.75) is 32.4 Å². The number of rotatable bonds is 4. The Bertz CT molecular complexity index is 790. The molecule has 0 aromatic carbocycles. The molecule has 4 heterocycles. The summed E-state index contributed by atoms with van der Waals surface area (Å²) in [6, 6.07) is 0. The summed E-state index contributed by atoms with van der Waals surface area (Å²) in [5.74, 6) is 0.667. The fourth-order valence-corrected chi connectivity index (χ4v) is 2.68. The normalized spacial score (nSPS) is 18.1. The second-order valence-corrected chi connectivity index (χ2v) is 5.38. The smallest absolute Gasteiger partial charge is 0.263 e. The van der Waals surface area contributed by atoms with E-state index in [4.69, 9.17) is 9.26 Å². The molecule has 1 aliphatic rings. The molecule has 3 aromatic heterocycles. The topological polar surface area (TPSA) is 90.9 Å². The molecular weight excluding hydrogens is 284 g/mol. The van der Waals surface area contributed by atoms with E-state index in [0.29, 0.717) is 11.5 Å². The minimum Gasteiger partial charge on any atom is -0.376 e. The van der Waals surface area contributed by atoms with Crippen molar-refractivity contribution < 1.29 is 9.26 Å². The van der Waals surface area contributed by atoms with Gasteiger partial charge in [-0.15, -0.1) is 0 Å². The zero-order valence-electron chi connectivity index (χ0n) is 12.2. The van der Waals surface area contributed by atoms with Crippen LogP contribution in [0.5, 0.6) is 0 Å². The summed E-state index contributed by atoms with van der Waals surface area (Å²) in [4.78, 5) is 8.32. The standard InChI is InChI=1S/C14H16N6O2/c1-9-12-13(15-8-16-14(12)22-19-9)18-10-5-17-20(6-10)7-11-3-2-4-21-11/h5-6,8,11H,2-4,7H2,1H3,(H,15,16,18)/t11-/m0/s1. The molecule has 3 aromatic rings. The van der Waals surface area contributed by atoms with Crippen LogP contribution in [-0.4, -0.2) is 37.6 Å². The van der Waals surface area contributed by atoms with Crippen LogP contribution in [0.25, 0.3) is 11.1 Å². The van der Waals surface area contributed by atoms with Gasteiger partial charge in [0.05, 0.1) is 30.2 Å². The molecule has 0 spiro atoms. The molecule has 22 heavy (non-hydrogen) atoms. The summed E-state index contributed by atoms with van der Waals surface area (Å²) in [5, 5.41) is 12.3. The van der Waals surface area contributed by atoms with E-state index < -0.39 is 0 Å². The highest BCUT2D eigenvalue weighted by Gasteiger charge is 2.17. The average molecular weight is 300 g/mol. The van der Waals surface area contributed by atoms with Gasteiger partial charge in [-0.05, 0) is 19.8 Å². The molecule has 114 valence electrons. The Balaban J connectivity index is 1.55. The van der Waals surface area contributed by atoms with Gasteiger partial charge in [0, 0.05) is 12.8 Å². The average Bonchev–Trinajstić information content (AvgIpc) is 3.23. The summed E-state index contributed by atoms with van der Waals surface area (Å²) < 4.78 is 12.7. The van der Waals surface area contributed by atoms with Gasteiger partial charge in [0.2, 0.25) is 0 Å². The highest BCUT2D eigenvalue weighted by atomic mass is 16.5. The van der Waals surface area contributed by atoms with Crippen LogP contribution >= 0.6 is 0 Å². The van der Waals surface area contributed by atoms with Crippen molar-refractivity contribution in [2.24, 2.45) is 0 Å². The van der Waals surface area contributed by atoms with Gasteiger partial charge in [0.1, 0.15) is 17.5 Å². The van der Waals surface area contributed by atoms with Crippen LogP contribution in [0, 0.1) is 6.92 Å². The Morgan fingerprint density at radius 1 is 1.41 bits per heavy atom. The van der Waals surface area contributed by atoms with E-state index in [9.17, 15) is 0 Å². The number of nitrogens with zero attached hydrogens (tertiary/aromatic N) is 5.